The van der Waals surface area contributed by atoms with E-state index in [4.69, 9.17) is 11.6 Å². The number of hydrogen-bond donors (Lipinski definition) is 1. The molecule has 0 atom stereocenters. The molecule has 5 nitrogen and oxygen atoms in total. The van der Waals surface area contributed by atoms with E-state index in [2.05, 4.69) is 23.5 Å². The topological polar surface area (TPSA) is 52.7 Å². The number of aryl methyl sites for hydroxylation is 1. The lowest BCUT2D eigenvalue weighted by Gasteiger charge is -2.29. The van der Waals surface area contributed by atoms with E-state index >= 15 is 0 Å². The summed E-state index contributed by atoms with van der Waals surface area (Å²) in [5, 5.41) is 3.47. The van der Waals surface area contributed by atoms with Crippen molar-refractivity contribution < 1.29 is 9.59 Å². The van der Waals surface area contributed by atoms with Crippen LogP contribution in [0, 0.1) is 6.92 Å². The summed E-state index contributed by atoms with van der Waals surface area (Å²) < 4.78 is 0. The van der Waals surface area contributed by atoms with Crippen molar-refractivity contribution in [1.82, 2.24) is 9.80 Å². The van der Waals surface area contributed by atoms with Gasteiger partial charge < -0.3 is 10.2 Å². The molecule has 0 spiro atoms. The molecular weight excluding hydrogens is 398 g/mol. The van der Waals surface area contributed by atoms with Crippen molar-refractivity contribution >= 4 is 34.7 Å². The van der Waals surface area contributed by atoms with E-state index in [1.54, 1.807) is 12.1 Å². The Morgan fingerprint density at radius 2 is 1.90 bits per heavy atom. The van der Waals surface area contributed by atoms with Gasteiger partial charge in [-0.15, -0.1) is 0 Å². The van der Waals surface area contributed by atoms with Crippen LogP contribution in [0.5, 0.6) is 0 Å². The van der Waals surface area contributed by atoms with Gasteiger partial charge in [0.1, 0.15) is 0 Å². The normalized spacial score (nSPS) is 13.9. The Balaban J connectivity index is 1.53. The number of benzene rings is 2. The number of rotatable bonds is 7. The minimum atomic E-state index is -0.153. The number of carbonyl (C=O) groups is 2. The molecule has 0 saturated carbocycles. The minimum absolute atomic E-state index is 0.0481. The number of anilines is 1. The molecule has 158 valence electrons. The number of nitrogens with one attached hydrogen (secondary N) is 1. The van der Waals surface area contributed by atoms with Crippen LogP contribution in [-0.2, 0) is 9.59 Å². The molecule has 3 rings (SSSR count). The molecule has 6 heteroatoms. The van der Waals surface area contributed by atoms with Crippen molar-refractivity contribution in [1.29, 1.82) is 0 Å². The smallest absolute Gasteiger partial charge is 0.238 e. The maximum Gasteiger partial charge on any atom is 0.238 e. The van der Waals surface area contributed by atoms with E-state index < -0.39 is 0 Å². The van der Waals surface area contributed by atoms with Crippen LogP contribution in [0.15, 0.2) is 54.6 Å². The van der Waals surface area contributed by atoms with Gasteiger partial charge in [-0.2, -0.15) is 0 Å². The van der Waals surface area contributed by atoms with Crippen LogP contribution >= 0.6 is 11.6 Å². The molecule has 1 N–H and O–H groups in total. The quantitative estimate of drug-likeness (QED) is 0.722. The fourth-order valence-electron chi connectivity index (χ4n) is 3.50. The van der Waals surface area contributed by atoms with E-state index in [-0.39, 0.29) is 24.9 Å². The molecule has 1 heterocycles. The molecular formula is C24H28ClN3O2. The highest BCUT2D eigenvalue weighted by molar-refractivity contribution is 6.31. The second kappa shape index (κ2) is 10.4. The van der Waals surface area contributed by atoms with Crippen LogP contribution in [0.2, 0.25) is 5.02 Å². The molecule has 0 aliphatic carbocycles. The third kappa shape index (κ3) is 5.94. The van der Waals surface area contributed by atoms with Crippen molar-refractivity contribution in [3.8, 4) is 0 Å². The molecule has 0 saturated heterocycles. The van der Waals surface area contributed by atoms with Crippen LogP contribution in [0.25, 0.3) is 5.57 Å². The first kappa shape index (κ1) is 22.1. The lowest BCUT2D eigenvalue weighted by Crippen LogP contribution is -2.44. The standard InChI is InChI=1S/C24H28ClN3O2/c1-3-27(16-23(29)26-22-15-21(25)10-9-18(22)2)17-24(30)28-13-11-20(12-14-28)19-7-5-4-6-8-19/h4-11,15H,3,12-14,16-17H2,1-2H3,(H,26,29). The zero-order valence-corrected chi connectivity index (χ0v) is 18.3. The van der Waals surface area contributed by atoms with Gasteiger partial charge in [-0.25, -0.2) is 0 Å². The van der Waals surface area contributed by atoms with Gasteiger partial charge in [0.15, 0.2) is 0 Å². The van der Waals surface area contributed by atoms with Gasteiger partial charge >= 0.3 is 0 Å². The average molecular weight is 426 g/mol. The molecule has 0 radical (unpaired) electrons. The predicted octanol–water partition coefficient (Wildman–Crippen LogP) is 4.22. The van der Waals surface area contributed by atoms with Crippen molar-refractivity contribution in [3.05, 3.63) is 70.8 Å². The maximum atomic E-state index is 12.8. The highest BCUT2D eigenvalue weighted by atomic mass is 35.5. The monoisotopic (exact) mass is 425 g/mol. The summed E-state index contributed by atoms with van der Waals surface area (Å²) in [6.45, 7) is 6.18. The minimum Gasteiger partial charge on any atom is -0.338 e. The fraction of sp³-hybridized carbons (Fsp3) is 0.333. The molecule has 30 heavy (non-hydrogen) atoms. The van der Waals surface area contributed by atoms with Gasteiger partial charge in [0.2, 0.25) is 11.8 Å². The number of hydrogen-bond acceptors (Lipinski definition) is 3. The van der Waals surface area contributed by atoms with E-state index in [1.807, 2.05) is 47.9 Å². The molecule has 1 aliphatic rings. The van der Waals surface area contributed by atoms with E-state index in [1.165, 1.54) is 11.1 Å². The summed E-state index contributed by atoms with van der Waals surface area (Å²) in [6.07, 6.45) is 2.97. The maximum absolute atomic E-state index is 12.8. The van der Waals surface area contributed by atoms with Crippen molar-refractivity contribution in [2.75, 3.05) is 38.0 Å². The third-order valence-electron chi connectivity index (χ3n) is 5.35. The van der Waals surface area contributed by atoms with Crippen LogP contribution in [0.1, 0.15) is 24.5 Å². The van der Waals surface area contributed by atoms with Crippen molar-refractivity contribution in [2.24, 2.45) is 0 Å². The summed E-state index contributed by atoms with van der Waals surface area (Å²) in [7, 11) is 0. The molecule has 1 aliphatic heterocycles. The summed E-state index contributed by atoms with van der Waals surface area (Å²) in [6, 6.07) is 15.7. The predicted molar refractivity (Wildman–Crippen MR) is 123 cm³/mol. The molecule has 2 amide bonds. The molecule has 2 aromatic rings. The number of likely N-dealkylation sites (N-methyl/N-ethyl adjacent to an activating group) is 1. The van der Waals surface area contributed by atoms with Gasteiger partial charge in [0.05, 0.1) is 13.1 Å². The van der Waals surface area contributed by atoms with Crippen molar-refractivity contribution in [3.63, 3.8) is 0 Å². The SMILES string of the molecule is CCN(CC(=O)Nc1cc(Cl)ccc1C)CC(=O)N1CC=C(c2ccccc2)CC1. The molecule has 0 fully saturated rings. The molecule has 0 unspecified atom stereocenters. The Labute approximate surface area is 183 Å². The highest BCUT2D eigenvalue weighted by Crippen LogP contribution is 2.22. The molecule has 0 bridgehead atoms. The first-order valence-corrected chi connectivity index (χ1v) is 10.6. The zero-order valence-electron chi connectivity index (χ0n) is 17.5. The van der Waals surface area contributed by atoms with Crippen LogP contribution in [0.4, 0.5) is 5.69 Å². The summed E-state index contributed by atoms with van der Waals surface area (Å²) in [5.41, 5.74) is 4.14. The number of nitrogens with zero attached hydrogens (tertiary/aromatic N) is 2. The zero-order chi connectivity index (χ0) is 21.5. The van der Waals surface area contributed by atoms with Gasteiger partial charge in [-0.3, -0.25) is 14.5 Å². The second-order valence-electron chi connectivity index (χ2n) is 7.50. The molecule has 2 aromatic carbocycles. The van der Waals surface area contributed by atoms with E-state index in [0.29, 0.717) is 30.3 Å². The highest BCUT2D eigenvalue weighted by Gasteiger charge is 2.21. The lowest BCUT2D eigenvalue weighted by molar-refractivity contribution is -0.132. The Hall–Kier alpha value is -2.63. The van der Waals surface area contributed by atoms with Gasteiger partial charge in [-0.05, 0) is 48.7 Å². The summed E-state index contributed by atoms with van der Waals surface area (Å²) in [5.74, 6) is -0.105. The van der Waals surface area contributed by atoms with Gasteiger partial charge in [0, 0.05) is 23.8 Å². The van der Waals surface area contributed by atoms with E-state index in [0.717, 1.165) is 12.0 Å². The van der Waals surface area contributed by atoms with Crippen LogP contribution in [0.3, 0.4) is 0 Å². The number of amides is 2. The average Bonchev–Trinajstić information content (AvgIpc) is 2.76. The first-order chi connectivity index (χ1) is 14.5. The Morgan fingerprint density at radius 1 is 1.13 bits per heavy atom. The molecule has 0 aromatic heterocycles. The Kier molecular flexibility index (Phi) is 7.66. The summed E-state index contributed by atoms with van der Waals surface area (Å²) >= 11 is 6.02. The third-order valence-corrected chi connectivity index (χ3v) is 5.59. The lowest BCUT2D eigenvalue weighted by atomic mass is 9.99. The Morgan fingerprint density at radius 3 is 2.57 bits per heavy atom. The Bertz CT molecular complexity index is 927. The number of halogens is 1. The summed E-state index contributed by atoms with van der Waals surface area (Å²) in [4.78, 5) is 28.9. The second-order valence-corrected chi connectivity index (χ2v) is 7.93. The number of carbonyl (C=O) groups excluding carboxylic acids is 2. The van der Waals surface area contributed by atoms with Gasteiger partial charge in [-0.1, -0.05) is 61.0 Å². The van der Waals surface area contributed by atoms with E-state index in [9.17, 15) is 9.59 Å². The van der Waals surface area contributed by atoms with Crippen LogP contribution in [-0.4, -0.2) is 54.3 Å². The first-order valence-electron chi connectivity index (χ1n) is 10.3. The van der Waals surface area contributed by atoms with Gasteiger partial charge in [0.25, 0.3) is 0 Å². The van der Waals surface area contributed by atoms with Crippen molar-refractivity contribution in [2.45, 2.75) is 20.3 Å². The fourth-order valence-corrected chi connectivity index (χ4v) is 3.67. The van der Waals surface area contributed by atoms with Crippen LogP contribution < -0.4 is 5.32 Å². The largest absolute Gasteiger partial charge is 0.338 e.